The van der Waals surface area contributed by atoms with E-state index >= 15 is 0 Å². The SMILES string of the molecule is CC(C)C1=C2[C@@H](CC/C(=C/c3ccc(O)c4ccccc34)c3ccccc3)OB(O)C[C@@H]2[C@@H]2C(=O)N(c3ccccc3)C(=O)[C@@H]2C1. The molecule has 7 heteroatoms. The first-order valence-electron chi connectivity index (χ1n) is 16.3. The van der Waals surface area contributed by atoms with Crippen LogP contribution in [0.15, 0.2) is 108 Å². The summed E-state index contributed by atoms with van der Waals surface area (Å²) in [6, 6.07) is 30.9. The Bertz CT molecular complexity index is 1850. The van der Waals surface area contributed by atoms with Gasteiger partial charge in [-0.25, -0.2) is 0 Å². The highest BCUT2D eigenvalue weighted by Crippen LogP contribution is 2.52. The van der Waals surface area contributed by atoms with Gasteiger partial charge in [-0.2, -0.15) is 0 Å². The predicted octanol–water partition coefficient (Wildman–Crippen LogP) is 7.52. The number of benzene rings is 4. The lowest BCUT2D eigenvalue weighted by atomic mass is 9.57. The van der Waals surface area contributed by atoms with Gasteiger partial charge in [-0.15, -0.1) is 0 Å². The molecule has 0 unspecified atom stereocenters. The molecular weight excluding hydrogens is 573 g/mol. The minimum atomic E-state index is -1.02. The van der Waals surface area contributed by atoms with Gasteiger partial charge in [-0.05, 0) is 83.3 Å². The Morgan fingerprint density at radius 3 is 2.28 bits per heavy atom. The van der Waals surface area contributed by atoms with Gasteiger partial charge in [0.2, 0.25) is 11.8 Å². The molecule has 0 saturated carbocycles. The number of phenolic OH excluding ortho intramolecular Hbond substituents is 1. The van der Waals surface area contributed by atoms with Crippen LogP contribution in [0.3, 0.4) is 0 Å². The summed E-state index contributed by atoms with van der Waals surface area (Å²) in [4.78, 5) is 29.2. The average molecular weight is 612 g/mol. The number of allylic oxidation sites excluding steroid dienone is 2. The van der Waals surface area contributed by atoms with Crippen LogP contribution in [0.25, 0.3) is 22.4 Å². The highest BCUT2D eigenvalue weighted by Gasteiger charge is 2.57. The molecule has 232 valence electrons. The van der Waals surface area contributed by atoms with Crippen LogP contribution >= 0.6 is 0 Å². The summed E-state index contributed by atoms with van der Waals surface area (Å²) in [5.74, 6) is -1.12. The quantitative estimate of drug-likeness (QED) is 0.0977. The summed E-state index contributed by atoms with van der Waals surface area (Å²) >= 11 is 0. The van der Waals surface area contributed by atoms with Gasteiger partial charge in [0.25, 0.3) is 0 Å². The minimum absolute atomic E-state index is 0.147. The maximum atomic E-state index is 14.0. The van der Waals surface area contributed by atoms with Crippen LogP contribution in [0.1, 0.15) is 44.2 Å². The summed E-state index contributed by atoms with van der Waals surface area (Å²) in [6.07, 6.45) is 3.89. The number of rotatable bonds is 7. The first kappa shape index (κ1) is 30.2. The van der Waals surface area contributed by atoms with Crippen LogP contribution in [0.2, 0.25) is 6.32 Å². The fourth-order valence-electron chi connectivity index (χ4n) is 7.94. The predicted molar refractivity (Wildman–Crippen MR) is 183 cm³/mol. The van der Waals surface area contributed by atoms with Crippen molar-refractivity contribution in [3.8, 4) is 5.75 Å². The van der Waals surface area contributed by atoms with Crippen molar-refractivity contribution in [3.05, 3.63) is 119 Å². The number of phenols is 1. The number of hydrogen-bond acceptors (Lipinski definition) is 5. The fraction of sp³-hybridized carbons (Fsp3) is 0.282. The number of anilines is 1. The van der Waals surface area contributed by atoms with E-state index in [9.17, 15) is 19.7 Å². The van der Waals surface area contributed by atoms with Crippen LogP contribution in [-0.4, -0.2) is 35.2 Å². The maximum Gasteiger partial charge on any atom is 0.455 e. The monoisotopic (exact) mass is 611 g/mol. The number of fused-ring (bicyclic) bond motifs is 4. The summed E-state index contributed by atoms with van der Waals surface area (Å²) in [6.45, 7) is 4.28. The zero-order chi connectivity index (χ0) is 31.9. The van der Waals surface area contributed by atoms with E-state index in [0.29, 0.717) is 31.3 Å². The molecule has 2 amide bonds. The van der Waals surface area contributed by atoms with Crippen LogP contribution in [-0.2, 0) is 14.2 Å². The van der Waals surface area contributed by atoms with Gasteiger partial charge >= 0.3 is 7.12 Å². The Labute approximate surface area is 270 Å². The lowest BCUT2D eigenvalue weighted by Gasteiger charge is -2.44. The number of carbonyl (C=O) groups excluding carboxylic acids is 2. The molecular formula is C39H38BNO5. The standard InChI is InChI=1S/C39H38BNO5/c1-24(2)31-22-32-37(39(44)41(38(32)43)28-13-7-4-8-14-28)33-23-40(45)46-35(36(31)33)20-18-26(25-11-5-3-6-12-25)21-27-17-19-34(42)30-16-10-9-15-29(27)30/h3-17,19,21,24,32-33,35,37,42,45H,18,20,22-23H2,1-2H3/b26-21-/t32-,33+,35-,37-/m1/s1. The number of para-hydroxylation sites is 1. The van der Waals surface area contributed by atoms with Crippen molar-refractivity contribution in [3.63, 3.8) is 0 Å². The number of nitrogens with zero attached hydrogens (tertiary/aromatic N) is 1. The molecule has 7 rings (SSSR count). The van der Waals surface area contributed by atoms with Gasteiger partial charge < -0.3 is 14.8 Å². The highest BCUT2D eigenvalue weighted by atomic mass is 16.5. The molecule has 2 N–H and O–H groups in total. The van der Waals surface area contributed by atoms with Crippen molar-refractivity contribution in [1.82, 2.24) is 0 Å². The van der Waals surface area contributed by atoms with E-state index in [4.69, 9.17) is 4.65 Å². The van der Waals surface area contributed by atoms with Crippen molar-refractivity contribution in [2.45, 2.75) is 45.5 Å². The third-order valence-electron chi connectivity index (χ3n) is 10.0. The van der Waals surface area contributed by atoms with Crippen LogP contribution in [0.5, 0.6) is 5.75 Å². The fourth-order valence-corrected chi connectivity index (χ4v) is 7.94. The minimum Gasteiger partial charge on any atom is -0.507 e. The van der Waals surface area contributed by atoms with Gasteiger partial charge in [-0.1, -0.05) is 104 Å². The van der Waals surface area contributed by atoms with Crippen LogP contribution < -0.4 is 4.90 Å². The molecule has 4 atom stereocenters. The second-order valence-electron chi connectivity index (χ2n) is 13.0. The first-order valence-corrected chi connectivity index (χ1v) is 16.3. The number of hydrogen-bond donors (Lipinski definition) is 2. The molecule has 2 heterocycles. The Balaban J connectivity index is 1.24. The topological polar surface area (TPSA) is 87.1 Å². The van der Waals surface area contributed by atoms with E-state index in [1.807, 2.05) is 66.7 Å². The van der Waals surface area contributed by atoms with Crippen LogP contribution in [0.4, 0.5) is 5.69 Å². The van der Waals surface area contributed by atoms with Gasteiger partial charge in [0.1, 0.15) is 5.75 Å². The molecule has 46 heavy (non-hydrogen) atoms. The molecule has 6 nitrogen and oxygen atoms in total. The number of imide groups is 1. The van der Waals surface area contributed by atoms with Crippen LogP contribution in [0, 0.1) is 23.7 Å². The van der Waals surface area contributed by atoms with Gasteiger partial charge in [0.15, 0.2) is 0 Å². The molecule has 4 aromatic carbocycles. The zero-order valence-electron chi connectivity index (χ0n) is 26.2. The molecule has 3 aliphatic rings. The molecule has 4 aromatic rings. The largest absolute Gasteiger partial charge is 0.507 e. The Morgan fingerprint density at radius 1 is 0.891 bits per heavy atom. The smallest absolute Gasteiger partial charge is 0.455 e. The van der Waals surface area contributed by atoms with Gasteiger partial charge in [0.05, 0.1) is 23.6 Å². The molecule has 2 fully saturated rings. The van der Waals surface area contributed by atoms with E-state index in [-0.39, 0.29) is 35.5 Å². The number of aromatic hydroxyl groups is 1. The second kappa shape index (κ2) is 12.4. The Kier molecular flexibility index (Phi) is 8.14. The van der Waals surface area contributed by atoms with Crippen molar-refractivity contribution in [1.29, 1.82) is 0 Å². The van der Waals surface area contributed by atoms with Crippen molar-refractivity contribution in [2.24, 2.45) is 23.7 Å². The third-order valence-corrected chi connectivity index (χ3v) is 10.0. The van der Waals surface area contributed by atoms with E-state index in [1.165, 1.54) is 10.5 Å². The summed E-state index contributed by atoms with van der Waals surface area (Å²) < 4.78 is 6.31. The highest BCUT2D eigenvalue weighted by molar-refractivity contribution is 6.43. The average Bonchev–Trinajstić information content (AvgIpc) is 3.33. The molecule has 0 aromatic heterocycles. The second-order valence-corrected chi connectivity index (χ2v) is 13.0. The van der Waals surface area contributed by atoms with Gasteiger partial charge in [0, 0.05) is 5.39 Å². The first-order chi connectivity index (χ1) is 22.3. The van der Waals surface area contributed by atoms with Crippen molar-refractivity contribution < 1.29 is 24.4 Å². The molecule has 0 bridgehead atoms. The third kappa shape index (κ3) is 5.38. The molecule has 2 aliphatic heterocycles. The van der Waals surface area contributed by atoms with Crippen molar-refractivity contribution in [2.75, 3.05) is 4.90 Å². The van der Waals surface area contributed by atoms with E-state index in [0.717, 1.165) is 33.0 Å². The number of amides is 2. The van der Waals surface area contributed by atoms with Crippen molar-refractivity contribution >= 4 is 47.0 Å². The van der Waals surface area contributed by atoms with Gasteiger partial charge in [-0.3, -0.25) is 14.5 Å². The summed E-state index contributed by atoms with van der Waals surface area (Å²) in [7, 11) is -1.02. The zero-order valence-corrected chi connectivity index (χ0v) is 26.2. The Morgan fingerprint density at radius 2 is 1.57 bits per heavy atom. The lowest BCUT2D eigenvalue weighted by molar-refractivity contribution is -0.122. The van der Waals surface area contributed by atoms with E-state index in [2.05, 4.69) is 32.1 Å². The number of carbonyl (C=O) groups is 2. The normalized spacial score (nSPS) is 23.3. The van der Waals surface area contributed by atoms with E-state index in [1.54, 1.807) is 18.2 Å². The summed E-state index contributed by atoms with van der Waals surface area (Å²) in [5, 5.41) is 23.3. The molecule has 1 aliphatic carbocycles. The molecule has 2 saturated heterocycles. The van der Waals surface area contributed by atoms with E-state index < -0.39 is 19.0 Å². The molecule has 0 radical (unpaired) electrons. The lowest BCUT2D eigenvalue weighted by Crippen LogP contribution is -2.46. The summed E-state index contributed by atoms with van der Waals surface area (Å²) in [5.41, 5.74) is 6.08. The maximum absolute atomic E-state index is 14.0. The Hall–Kier alpha value is -4.46. The molecule has 0 spiro atoms.